The highest BCUT2D eigenvalue weighted by molar-refractivity contribution is 6.41. The van der Waals surface area contributed by atoms with Crippen molar-refractivity contribution < 1.29 is 4.79 Å². The first-order chi connectivity index (χ1) is 9.35. The van der Waals surface area contributed by atoms with Crippen LogP contribution >= 0.6 is 34.8 Å². The Hall–Kier alpha value is -0.640. The maximum atomic E-state index is 12.0. The van der Waals surface area contributed by atoms with Crippen molar-refractivity contribution in [2.75, 3.05) is 5.32 Å². The monoisotopic (exact) mass is 336 g/mol. The van der Waals surface area contributed by atoms with Crippen molar-refractivity contribution in [1.82, 2.24) is 5.32 Å². The van der Waals surface area contributed by atoms with Gasteiger partial charge in [0.15, 0.2) is 0 Å². The first kappa shape index (κ1) is 17.4. The lowest BCUT2D eigenvalue weighted by molar-refractivity contribution is -0.122. The van der Waals surface area contributed by atoms with E-state index in [1.807, 2.05) is 6.92 Å². The van der Waals surface area contributed by atoms with Crippen LogP contribution in [0.15, 0.2) is 12.1 Å². The molecule has 20 heavy (non-hydrogen) atoms. The van der Waals surface area contributed by atoms with Crippen LogP contribution in [0.3, 0.4) is 0 Å². The third kappa shape index (κ3) is 5.04. The van der Waals surface area contributed by atoms with E-state index in [1.54, 1.807) is 19.1 Å². The summed E-state index contributed by atoms with van der Waals surface area (Å²) in [5.74, 6) is -0.0898. The molecule has 1 aromatic rings. The number of hydrogen-bond acceptors (Lipinski definition) is 2. The van der Waals surface area contributed by atoms with Gasteiger partial charge in [-0.2, -0.15) is 0 Å². The number of amides is 1. The molecule has 0 aromatic heterocycles. The molecule has 3 nitrogen and oxygen atoms in total. The van der Waals surface area contributed by atoms with E-state index in [4.69, 9.17) is 34.8 Å². The predicted octanol–water partition coefficient (Wildman–Crippen LogP) is 4.75. The zero-order chi connectivity index (χ0) is 15.3. The van der Waals surface area contributed by atoms with Crippen molar-refractivity contribution in [2.45, 2.75) is 45.7 Å². The molecule has 0 radical (unpaired) electrons. The van der Waals surface area contributed by atoms with Crippen molar-refractivity contribution in [1.29, 1.82) is 0 Å². The molecule has 2 unspecified atom stereocenters. The molecule has 0 aliphatic rings. The molecule has 0 saturated carbocycles. The second-order valence-electron chi connectivity index (χ2n) is 4.81. The van der Waals surface area contributed by atoms with Crippen molar-refractivity contribution in [3.63, 3.8) is 0 Å². The van der Waals surface area contributed by atoms with Crippen LogP contribution in [0.1, 0.15) is 33.6 Å². The first-order valence-corrected chi connectivity index (χ1v) is 7.70. The summed E-state index contributed by atoms with van der Waals surface area (Å²) in [7, 11) is 0. The van der Waals surface area contributed by atoms with Crippen LogP contribution in [-0.4, -0.2) is 18.0 Å². The van der Waals surface area contributed by atoms with Crippen LogP contribution in [0.25, 0.3) is 0 Å². The molecule has 1 rings (SSSR count). The van der Waals surface area contributed by atoms with Gasteiger partial charge in [-0.1, -0.05) is 48.1 Å². The number of carbonyl (C=O) groups excluding carboxylic acids is 1. The highest BCUT2D eigenvalue weighted by atomic mass is 35.5. The zero-order valence-electron chi connectivity index (χ0n) is 11.8. The molecular weight excluding hydrogens is 319 g/mol. The van der Waals surface area contributed by atoms with E-state index in [2.05, 4.69) is 17.6 Å². The lowest BCUT2D eigenvalue weighted by atomic mass is 10.2. The topological polar surface area (TPSA) is 41.1 Å². The smallest absolute Gasteiger partial charge is 0.242 e. The van der Waals surface area contributed by atoms with Gasteiger partial charge in [0.25, 0.3) is 0 Å². The molecule has 0 aliphatic carbocycles. The van der Waals surface area contributed by atoms with E-state index in [-0.39, 0.29) is 11.9 Å². The van der Waals surface area contributed by atoms with E-state index >= 15 is 0 Å². The predicted molar refractivity (Wildman–Crippen MR) is 87.1 cm³/mol. The number of rotatable bonds is 6. The van der Waals surface area contributed by atoms with Gasteiger partial charge < -0.3 is 10.6 Å². The highest BCUT2D eigenvalue weighted by Gasteiger charge is 2.17. The highest BCUT2D eigenvalue weighted by Crippen LogP contribution is 2.34. The Kier molecular flexibility index (Phi) is 6.93. The van der Waals surface area contributed by atoms with Gasteiger partial charge in [0.1, 0.15) is 6.04 Å². The molecule has 2 N–H and O–H groups in total. The van der Waals surface area contributed by atoms with Crippen LogP contribution in [0.2, 0.25) is 15.1 Å². The van der Waals surface area contributed by atoms with Gasteiger partial charge in [-0.05, 0) is 32.4 Å². The fourth-order valence-electron chi connectivity index (χ4n) is 1.84. The van der Waals surface area contributed by atoms with Crippen molar-refractivity contribution in [2.24, 2.45) is 0 Å². The van der Waals surface area contributed by atoms with Gasteiger partial charge in [-0.25, -0.2) is 0 Å². The molecule has 0 bridgehead atoms. The number of nitrogens with one attached hydrogen (secondary N) is 2. The van der Waals surface area contributed by atoms with E-state index in [1.165, 1.54) is 0 Å². The zero-order valence-corrected chi connectivity index (χ0v) is 14.0. The van der Waals surface area contributed by atoms with Crippen molar-refractivity contribution in [3.05, 3.63) is 27.2 Å². The summed E-state index contributed by atoms with van der Waals surface area (Å²) >= 11 is 18.0. The standard InChI is InChI=1S/C14H19Cl3N2O/c1-4-5-8(2)18-14(20)9(3)19-13-11(16)6-10(15)7-12(13)17/h6-9,19H,4-5H2,1-3H3,(H,18,20). The molecule has 0 heterocycles. The van der Waals surface area contributed by atoms with Gasteiger partial charge in [0, 0.05) is 11.1 Å². The minimum Gasteiger partial charge on any atom is -0.371 e. The molecule has 0 spiro atoms. The summed E-state index contributed by atoms with van der Waals surface area (Å²) in [5.41, 5.74) is 0.517. The summed E-state index contributed by atoms with van der Waals surface area (Å²) in [6.07, 6.45) is 1.97. The summed E-state index contributed by atoms with van der Waals surface area (Å²) in [4.78, 5) is 12.0. The molecule has 0 aliphatic heterocycles. The van der Waals surface area contributed by atoms with Crippen molar-refractivity contribution in [3.8, 4) is 0 Å². The molecule has 0 fully saturated rings. The average Bonchev–Trinajstić information content (AvgIpc) is 2.33. The number of hydrogen-bond donors (Lipinski definition) is 2. The Morgan fingerprint density at radius 2 is 1.75 bits per heavy atom. The van der Waals surface area contributed by atoms with Gasteiger partial charge in [-0.15, -0.1) is 0 Å². The maximum absolute atomic E-state index is 12.0. The summed E-state index contributed by atoms with van der Waals surface area (Å²) < 4.78 is 0. The van der Waals surface area contributed by atoms with Crippen LogP contribution in [-0.2, 0) is 4.79 Å². The SMILES string of the molecule is CCCC(C)NC(=O)C(C)Nc1c(Cl)cc(Cl)cc1Cl. The van der Waals surface area contributed by atoms with Crippen LogP contribution < -0.4 is 10.6 Å². The molecule has 6 heteroatoms. The van der Waals surface area contributed by atoms with E-state index in [0.29, 0.717) is 20.8 Å². The van der Waals surface area contributed by atoms with Crippen LogP contribution in [0, 0.1) is 0 Å². The normalized spacial score (nSPS) is 13.7. The molecule has 1 aromatic carbocycles. The summed E-state index contributed by atoms with van der Waals surface area (Å²) in [6, 6.07) is 2.88. The Morgan fingerprint density at radius 3 is 2.25 bits per heavy atom. The quantitative estimate of drug-likeness (QED) is 0.786. The molecular formula is C14H19Cl3N2O. The molecule has 1 amide bonds. The van der Waals surface area contributed by atoms with Crippen molar-refractivity contribution >= 4 is 46.4 Å². The summed E-state index contributed by atoms with van der Waals surface area (Å²) in [5, 5.41) is 7.20. The van der Waals surface area contributed by atoms with E-state index in [0.717, 1.165) is 12.8 Å². The fourth-order valence-corrected chi connectivity index (χ4v) is 2.76. The van der Waals surface area contributed by atoms with E-state index in [9.17, 15) is 4.79 Å². The Morgan fingerprint density at radius 1 is 1.20 bits per heavy atom. The minimum atomic E-state index is -0.439. The van der Waals surface area contributed by atoms with Gasteiger partial charge >= 0.3 is 0 Å². The average molecular weight is 338 g/mol. The van der Waals surface area contributed by atoms with Gasteiger partial charge in [-0.3, -0.25) is 4.79 Å². The molecule has 2 atom stereocenters. The van der Waals surface area contributed by atoms with Crippen LogP contribution in [0.5, 0.6) is 0 Å². The molecule has 0 saturated heterocycles. The third-order valence-corrected chi connectivity index (χ3v) is 3.69. The first-order valence-electron chi connectivity index (χ1n) is 6.56. The Labute approximate surface area is 135 Å². The Bertz CT molecular complexity index is 456. The van der Waals surface area contributed by atoms with Gasteiger partial charge in [0.2, 0.25) is 5.91 Å². The second kappa shape index (κ2) is 7.96. The fraction of sp³-hybridized carbons (Fsp3) is 0.500. The Balaban J connectivity index is 2.71. The maximum Gasteiger partial charge on any atom is 0.242 e. The third-order valence-electron chi connectivity index (χ3n) is 2.87. The number of halogens is 3. The second-order valence-corrected chi connectivity index (χ2v) is 6.06. The lowest BCUT2D eigenvalue weighted by Gasteiger charge is -2.20. The van der Waals surface area contributed by atoms with Gasteiger partial charge in [0.05, 0.1) is 15.7 Å². The van der Waals surface area contributed by atoms with Crippen LogP contribution in [0.4, 0.5) is 5.69 Å². The lowest BCUT2D eigenvalue weighted by Crippen LogP contribution is -2.42. The minimum absolute atomic E-state index is 0.0898. The largest absolute Gasteiger partial charge is 0.371 e. The van der Waals surface area contributed by atoms with E-state index < -0.39 is 6.04 Å². The number of anilines is 1. The summed E-state index contributed by atoms with van der Waals surface area (Å²) in [6.45, 7) is 5.82. The molecule has 112 valence electrons. The number of carbonyl (C=O) groups is 1. The number of benzene rings is 1.